The van der Waals surface area contributed by atoms with Crippen LogP contribution in [0.25, 0.3) is 0 Å². The lowest BCUT2D eigenvalue weighted by atomic mass is 10.0. The first-order valence-electron chi connectivity index (χ1n) is 7.02. The van der Waals surface area contributed by atoms with Gasteiger partial charge in [-0.15, -0.1) is 0 Å². The van der Waals surface area contributed by atoms with E-state index in [4.69, 9.17) is 4.74 Å². The zero-order chi connectivity index (χ0) is 17.7. The topological polar surface area (TPSA) is 75.6 Å². The number of carbonyl (C=O) groups excluding carboxylic acids is 1. The molecule has 24 heavy (non-hydrogen) atoms. The lowest BCUT2D eigenvalue weighted by Crippen LogP contribution is -2.42. The number of carbonyl (C=O) groups is 2. The van der Waals surface area contributed by atoms with E-state index in [0.717, 1.165) is 18.2 Å². The van der Waals surface area contributed by atoms with Crippen LogP contribution in [0.15, 0.2) is 42.5 Å². The van der Waals surface area contributed by atoms with Gasteiger partial charge in [0.15, 0.2) is 11.6 Å². The Kier molecular flexibility index (Phi) is 5.47. The van der Waals surface area contributed by atoms with Crippen LogP contribution in [0, 0.1) is 11.6 Å². The molecule has 0 radical (unpaired) electrons. The van der Waals surface area contributed by atoms with Gasteiger partial charge >= 0.3 is 5.97 Å². The van der Waals surface area contributed by atoms with E-state index in [1.54, 1.807) is 24.3 Å². The van der Waals surface area contributed by atoms with Crippen molar-refractivity contribution in [2.24, 2.45) is 0 Å². The molecule has 0 fully saturated rings. The number of aliphatic carboxylic acids is 1. The van der Waals surface area contributed by atoms with Gasteiger partial charge in [0.2, 0.25) is 0 Å². The Bertz CT molecular complexity index is 764. The summed E-state index contributed by atoms with van der Waals surface area (Å²) in [5, 5.41) is 11.6. The van der Waals surface area contributed by atoms with Gasteiger partial charge in [-0.2, -0.15) is 0 Å². The van der Waals surface area contributed by atoms with Gasteiger partial charge in [-0.05, 0) is 35.9 Å². The largest absolute Gasteiger partial charge is 0.497 e. The Balaban J connectivity index is 2.14. The molecule has 0 unspecified atom stereocenters. The zero-order valence-electron chi connectivity index (χ0n) is 12.8. The number of carboxylic acids is 1. The summed E-state index contributed by atoms with van der Waals surface area (Å²) in [5.74, 6) is -3.75. The highest BCUT2D eigenvalue weighted by Crippen LogP contribution is 2.15. The van der Waals surface area contributed by atoms with E-state index in [1.165, 1.54) is 7.11 Å². The van der Waals surface area contributed by atoms with E-state index in [2.05, 4.69) is 5.32 Å². The molecule has 1 amide bonds. The monoisotopic (exact) mass is 335 g/mol. The van der Waals surface area contributed by atoms with Gasteiger partial charge in [0.05, 0.1) is 7.11 Å². The number of benzene rings is 2. The number of methoxy groups -OCH3 is 1. The summed E-state index contributed by atoms with van der Waals surface area (Å²) >= 11 is 0. The normalized spacial score (nSPS) is 11.6. The van der Waals surface area contributed by atoms with Crippen molar-refractivity contribution >= 4 is 11.9 Å². The fourth-order valence-electron chi connectivity index (χ4n) is 2.11. The highest BCUT2D eigenvalue weighted by atomic mass is 19.2. The van der Waals surface area contributed by atoms with Crippen LogP contribution in [0.1, 0.15) is 15.9 Å². The SMILES string of the molecule is COc1cccc(C[C@@H](NC(=O)c2ccc(F)c(F)c2)C(=O)O)c1. The molecule has 0 aromatic heterocycles. The van der Waals surface area contributed by atoms with Crippen molar-refractivity contribution in [1.82, 2.24) is 5.32 Å². The molecule has 0 heterocycles. The maximum absolute atomic E-state index is 13.2. The number of ether oxygens (including phenoxy) is 1. The molecule has 126 valence electrons. The molecule has 0 aliphatic carbocycles. The second kappa shape index (κ2) is 7.54. The molecule has 0 aliphatic rings. The van der Waals surface area contributed by atoms with Gasteiger partial charge < -0.3 is 15.2 Å². The van der Waals surface area contributed by atoms with E-state index in [1.807, 2.05) is 0 Å². The molecule has 0 bridgehead atoms. The van der Waals surface area contributed by atoms with Crippen LogP contribution in [-0.2, 0) is 11.2 Å². The summed E-state index contributed by atoms with van der Waals surface area (Å²) in [6, 6.07) is 8.14. The Hall–Kier alpha value is -2.96. The maximum atomic E-state index is 13.2. The second-order valence-electron chi connectivity index (χ2n) is 5.05. The lowest BCUT2D eigenvalue weighted by molar-refractivity contribution is -0.139. The van der Waals surface area contributed by atoms with E-state index in [0.29, 0.717) is 11.3 Å². The van der Waals surface area contributed by atoms with Crippen LogP contribution in [0.2, 0.25) is 0 Å². The number of rotatable bonds is 6. The molecular weight excluding hydrogens is 320 g/mol. The highest BCUT2D eigenvalue weighted by molar-refractivity contribution is 5.96. The van der Waals surface area contributed by atoms with E-state index in [9.17, 15) is 23.5 Å². The van der Waals surface area contributed by atoms with E-state index in [-0.39, 0.29) is 12.0 Å². The zero-order valence-corrected chi connectivity index (χ0v) is 12.8. The third-order valence-corrected chi connectivity index (χ3v) is 3.36. The molecule has 2 aromatic carbocycles. The molecule has 0 saturated heterocycles. The van der Waals surface area contributed by atoms with Gasteiger partial charge in [0.25, 0.3) is 5.91 Å². The minimum Gasteiger partial charge on any atom is -0.497 e. The first kappa shape index (κ1) is 17.4. The Morgan fingerprint density at radius 1 is 1.17 bits per heavy atom. The standard InChI is InChI=1S/C17H15F2NO4/c1-24-12-4-2-3-10(7-12)8-15(17(22)23)20-16(21)11-5-6-13(18)14(19)9-11/h2-7,9,15H,8H2,1H3,(H,20,21)(H,22,23)/t15-/m1/s1. The predicted octanol–water partition coefficient (Wildman–Crippen LogP) is 2.40. The second-order valence-corrected chi connectivity index (χ2v) is 5.05. The first-order chi connectivity index (χ1) is 11.4. The van der Waals surface area contributed by atoms with Crippen LogP contribution >= 0.6 is 0 Å². The third kappa shape index (κ3) is 4.28. The number of carboxylic acid groups (broad SMARTS) is 1. The number of hydrogen-bond donors (Lipinski definition) is 2. The Morgan fingerprint density at radius 2 is 1.92 bits per heavy atom. The number of amides is 1. The number of halogens is 2. The molecule has 0 saturated carbocycles. The molecule has 1 atom stereocenters. The highest BCUT2D eigenvalue weighted by Gasteiger charge is 2.22. The van der Waals surface area contributed by atoms with Crippen molar-refractivity contribution in [3.63, 3.8) is 0 Å². The Labute approximate surface area is 136 Å². The van der Waals surface area contributed by atoms with Gasteiger partial charge in [0, 0.05) is 12.0 Å². The van der Waals surface area contributed by atoms with Gasteiger partial charge in [-0.25, -0.2) is 13.6 Å². The fourth-order valence-corrected chi connectivity index (χ4v) is 2.11. The molecule has 0 spiro atoms. The smallest absolute Gasteiger partial charge is 0.326 e. The summed E-state index contributed by atoms with van der Waals surface area (Å²) in [5.41, 5.74) is 0.484. The van der Waals surface area contributed by atoms with Crippen LogP contribution in [0.4, 0.5) is 8.78 Å². The van der Waals surface area contributed by atoms with Crippen molar-refractivity contribution < 1.29 is 28.2 Å². The third-order valence-electron chi connectivity index (χ3n) is 3.36. The van der Waals surface area contributed by atoms with Crippen molar-refractivity contribution in [1.29, 1.82) is 0 Å². The van der Waals surface area contributed by atoms with Crippen LogP contribution in [-0.4, -0.2) is 30.1 Å². The average Bonchev–Trinajstić information content (AvgIpc) is 2.56. The molecule has 2 rings (SSSR count). The summed E-state index contributed by atoms with van der Waals surface area (Å²) in [6.45, 7) is 0. The number of nitrogens with one attached hydrogen (secondary N) is 1. The van der Waals surface area contributed by atoms with Crippen LogP contribution in [0.3, 0.4) is 0 Å². The summed E-state index contributed by atoms with van der Waals surface area (Å²) in [6.07, 6.45) is 0.0158. The van der Waals surface area contributed by atoms with Crippen molar-refractivity contribution in [3.8, 4) is 5.75 Å². The minimum absolute atomic E-state index is 0.0158. The maximum Gasteiger partial charge on any atom is 0.326 e. The predicted molar refractivity (Wildman–Crippen MR) is 81.9 cm³/mol. The minimum atomic E-state index is -1.24. The Morgan fingerprint density at radius 3 is 2.54 bits per heavy atom. The first-order valence-corrected chi connectivity index (χ1v) is 7.02. The molecule has 0 aliphatic heterocycles. The van der Waals surface area contributed by atoms with Crippen LogP contribution in [0.5, 0.6) is 5.75 Å². The van der Waals surface area contributed by atoms with Gasteiger partial charge in [0.1, 0.15) is 11.8 Å². The summed E-state index contributed by atoms with van der Waals surface area (Å²) in [7, 11) is 1.48. The molecule has 2 N–H and O–H groups in total. The van der Waals surface area contributed by atoms with Crippen molar-refractivity contribution in [2.45, 2.75) is 12.5 Å². The van der Waals surface area contributed by atoms with Crippen molar-refractivity contribution in [2.75, 3.05) is 7.11 Å². The summed E-state index contributed by atoms with van der Waals surface area (Å²) in [4.78, 5) is 23.4. The van der Waals surface area contributed by atoms with E-state index < -0.39 is 29.6 Å². The van der Waals surface area contributed by atoms with Crippen LogP contribution < -0.4 is 10.1 Å². The lowest BCUT2D eigenvalue weighted by Gasteiger charge is -2.15. The molecule has 2 aromatic rings. The molecule has 7 heteroatoms. The number of hydrogen-bond acceptors (Lipinski definition) is 3. The van der Waals surface area contributed by atoms with E-state index >= 15 is 0 Å². The summed E-state index contributed by atoms with van der Waals surface area (Å²) < 4.78 is 31.1. The van der Waals surface area contributed by atoms with Gasteiger partial charge in [-0.1, -0.05) is 12.1 Å². The van der Waals surface area contributed by atoms with Gasteiger partial charge in [-0.3, -0.25) is 4.79 Å². The molecule has 5 nitrogen and oxygen atoms in total. The quantitative estimate of drug-likeness (QED) is 0.850. The average molecular weight is 335 g/mol. The fraction of sp³-hybridized carbons (Fsp3) is 0.176. The van der Waals surface area contributed by atoms with Crippen molar-refractivity contribution in [3.05, 3.63) is 65.2 Å². The molecular formula is C17H15F2NO4.